The van der Waals surface area contributed by atoms with Crippen molar-refractivity contribution >= 4 is 0 Å². The molecule has 0 saturated carbocycles. The van der Waals surface area contributed by atoms with E-state index in [0.29, 0.717) is 11.3 Å². The van der Waals surface area contributed by atoms with Crippen molar-refractivity contribution in [3.63, 3.8) is 0 Å². The zero-order chi connectivity index (χ0) is 13.9. The highest BCUT2D eigenvalue weighted by Crippen LogP contribution is 2.21. The molecule has 1 aromatic carbocycles. The molecule has 98 valence electrons. The van der Waals surface area contributed by atoms with Gasteiger partial charge in [-0.1, -0.05) is 18.2 Å². The molecule has 2 heterocycles. The van der Waals surface area contributed by atoms with Crippen LogP contribution in [0.3, 0.4) is 0 Å². The molecule has 4 nitrogen and oxygen atoms in total. The number of rotatable bonds is 2. The number of benzene rings is 1. The smallest absolute Gasteiger partial charge is 0.255 e. The lowest BCUT2D eigenvalue weighted by atomic mass is 10.1. The normalized spacial score (nSPS) is 10.4. The molecular formula is C15H10FN3O. The molecule has 0 N–H and O–H groups in total. The van der Waals surface area contributed by atoms with Crippen molar-refractivity contribution in [1.29, 1.82) is 0 Å². The fourth-order valence-corrected chi connectivity index (χ4v) is 1.97. The van der Waals surface area contributed by atoms with Crippen molar-refractivity contribution in [2.45, 2.75) is 0 Å². The van der Waals surface area contributed by atoms with E-state index in [1.807, 2.05) is 0 Å². The largest absolute Gasteiger partial charge is 0.284 e. The van der Waals surface area contributed by atoms with E-state index < -0.39 is 5.82 Å². The number of halogens is 1. The van der Waals surface area contributed by atoms with E-state index >= 15 is 0 Å². The second kappa shape index (κ2) is 5.05. The zero-order valence-electron chi connectivity index (χ0n) is 10.4. The van der Waals surface area contributed by atoms with E-state index in [1.165, 1.54) is 17.0 Å². The van der Waals surface area contributed by atoms with Crippen LogP contribution in [0.25, 0.3) is 16.9 Å². The fraction of sp³-hybridized carbons (Fsp3) is 0. The van der Waals surface area contributed by atoms with Crippen LogP contribution in [0.4, 0.5) is 4.39 Å². The molecule has 0 fully saturated rings. The van der Waals surface area contributed by atoms with E-state index in [2.05, 4.69) is 9.97 Å². The summed E-state index contributed by atoms with van der Waals surface area (Å²) in [4.78, 5) is 19.4. The minimum Gasteiger partial charge on any atom is -0.284 e. The van der Waals surface area contributed by atoms with Gasteiger partial charge in [0.2, 0.25) is 0 Å². The van der Waals surface area contributed by atoms with Gasteiger partial charge in [-0.25, -0.2) is 14.4 Å². The molecule has 20 heavy (non-hydrogen) atoms. The Hall–Kier alpha value is -2.82. The molecular weight excluding hydrogens is 257 g/mol. The van der Waals surface area contributed by atoms with Gasteiger partial charge in [0.25, 0.3) is 5.56 Å². The summed E-state index contributed by atoms with van der Waals surface area (Å²) in [6, 6.07) is 11.9. The van der Waals surface area contributed by atoms with Crippen molar-refractivity contribution < 1.29 is 4.39 Å². The summed E-state index contributed by atoms with van der Waals surface area (Å²) < 4.78 is 15.2. The van der Waals surface area contributed by atoms with Crippen LogP contribution in [0.2, 0.25) is 0 Å². The standard InChI is InChI=1S/C15H10FN3O/c16-13-9-17-10-18-15(13)11-4-3-5-12(8-11)19-7-2-1-6-14(19)20/h1-10H. The van der Waals surface area contributed by atoms with Crippen LogP contribution in [0.1, 0.15) is 0 Å². The second-order valence-corrected chi connectivity index (χ2v) is 4.18. The molecule has 3 aromatic rings. The topological polar surface area (TPSA) is 47.8 Å². The second-order valence-electron chi connectivity index (χ2n) is 4.18. The van der Waals surface area contributed by atoms with Crippen LogP contribution in [-0.2, 0) is 0 Å². The van der Waals surface area contributed by atoms with Crippen LogP contribution in [0.5, 0.6) is 0 Å². The maximum atomic E-state index is 13.7. The van der Waals surface area contributed by atoms with Gasteiger partial charge in [0, 0.05) is 23.5 Å². The molecule has 0 aliphatic rings. The quantitative estimate of drug-likeness (QED) is 0.716. The van der Waals surface area contributed by atoms with E-state index in [9.17, 15) is 9.18 Å². The van der Waals surface area contributed by atoms with E-state index in [1.54, 1.807) is 42.6 Å². The van der Waals surface area contributed by atoms with Gasteiger partial charge in [-0.15, -0.1) is 0 Å². The summed E-state index contributed by atoms with van der Waals surface area (Å²) in [5.74, 6) is -0.495. The number of pyridine rings is 1. The van der Waals surface area contributed by atoms with Crippen LogP contribution in [-0.4, -0.2) is 14.5 Å². The SMILES string of the molecule is O=c1ccccn1-c1cccc(-c2ncncc2F)c1. The Bertz CT molecular complexity index is 814. The van der Waals surface area contributed by atoms with E-state index in [0.717, 1.165) is 6.20 Å². The first-order valence-electron chi connectivity index (χ1n) is 6.00. The maximum Gasteiger partial charge on any atom is 0.255 e. The summed E-state index contributed by atoms with van der Waals surface area (Å²) in [7, 11) is 0. The Morgan fingerprint density at radius 1 is 1.10 bits per heavy atom. The molecule has 0 amide bonds. The predicted octanol–water partition coefficient (Wildman–Crippen LogP) is 2.43. The number of nitrogens with zero attached hydrogens (tertiary/aromatic N) is 3. The average Bonchev–Trinajstić information content (AvgIpc) is 2.48. The van der Waals surface area contributed by atoms with Gasteiger partial charge < -0.3 is 0 Å². The molecule has 0 radical (unpaired) electrons. The third kappa shape index (κ3) is 2.21. The predicted molar refractivity (Wildman–Crippen MR) is 73.0 cm³/mol. The lowest BCUT2D eigenvalue weighted by Crippen LogP contribution is -2.15. The first-order chi connectivity index (χ1) is 9.75. The van der Waals surface area contributed by atoms with Crippen molar-refractivity contribution in [2.75, 3.05) is 0 Å². The van der Waals surface area contributed by atoms with Gasteiger partial charge in [0.05, 0.1) is 6.20 Å². The van der Waals surface area contributed by atoms with Gasteiger partial charge in [-0.05, 0) is 18.2 Å². The number of hydrogen-bond acceptors (Lipinski definition) is 3. The molecule has 0 aliphatic heterocycles. The molecule has 0 spiro atoms. The minimum atomic E-state index is -0.495. The minimum absolute atomic E-state index is 0.146. The summed E-state index contributed by atoms with van der Waals surface area (Å²) in [6.45, 7) is 0. The van der Waals surface area contributed by atoms with Gasteiger partial charge in [0.15, 0.2) is 5.82 Å². The lowest BCUT2D eigenvalue weighted by Gasteiger charge is -2.07. The average molecular weight is 267 g/mol. The Balaban J connectivity index is 2.14. The zero-order valence-corrected chi connectivity index (χ0v) is 10.4. The first-order valence-corrected chi connectivity index (χ1v) is 6.00. The van der Waals surface area contributed by atoms with Crippen LogP contribution in [0.15, 0.2) is 66.0 Å². The van der Waals surface area contributed by atoms with Crippen LogP contribution >= 0.6 is 0 Å². The van der Waals surface area contributed by atoms with Crippen molar-refractivity contribution in [3.8, 4) is 16.9 Å². The third-order valence-corrected chi connectivity index (χ3v) is 2.89. The van der Waals surface area contributed by atoms with E-state index in [-0.39, 0.29) is 11.3 Å². The van der Waals surface area contributed by atoms with E-state index in [4.69, 9.17) is 0 Å². The molecule has 0 aliphatic carbocycles. The highest BCUT2D eigenvalue weighted by molar-refractivity contribution is 5.62. The number of aromatic nitrogens is 3. The molecule has 0 bridgehead atoms. The molecule has 5 heteroatoms. The summed E-state index contributed by atoms with van der Waals surface area (Å²) in [5.41, 5.74) is 1.32. The molecule has 0 saturated heterocycles. The van der Waals surface area contributed by atoms with Gasteiger partial charge in [-0.3, -0.25) is 9.36 Å². The Morgan fingerprint density at radius 3 is 2.80 bits per heavy atom. The Morgan fingerprint density at radius 2 is 2.00 bits per heavy atom. The maximum absolute atomic E-state index is 13.7. The van der Waals surface area contributed by atoms with Gasteiger partial charge in [0.1, 0.15) is 12.0 Å². The van der Waals surface area contributed by atoms with Crippen LogP contribution in [0, 0.1) is 5.82 Å². The van der Waals surface area contributed by atoms with Crippen molar-refractivity contribution in [2.24, 2.45) is 0 Å². The highest BCUT2D eigenvalue weighted by atomic mass is 19.1. The molecule has 0 unspecified atom stereocenters. The lowest BCUT2D eigenvalue weighted by molar-refractivity contribution is 0.618. The Labute approximate surface area is 114 Å². The first kappa shape index (κ1) is 12.2. The number of hydrogen-bond donors (Lipinski definition) is 0. The summed E-state index contributed by atoms with van der Waals surface area (Å²) in [6.07, 6.45) is 4.07. The fourth-order valence-electron chi connectivity index (χ4n) is 1.97. The molecule has 2 aromatic heterocycles. The summed E-state index contributed by atoms with van der Waals surface area (Å²) >= 11 is 0. The molecule has 0 atom stereocenters. The highest BCUT2D eigenvalue weighted by Gasteiger charge is 2.07. The van der Waals surface area contributed by atoms with Gasteiger partial charge in [-0.2, -0.15) is 0 Å². The van der Waals surface area contributed by atoms with Crippen LogP contribution < -0.4 is 5.56 Å². The Kier molecular flexibility index (Phi) is 3.09. The van der Waals surface area contributed by atoms with Crippen molar-refractivity contribution in [3.05, 3.63) is 77.4 Å². The summed E-state index contributed by atoms with van der Waals surface area (Å²) in [5, 5.41) is 0. The van der Waals surface area contributed by atoms with Crippen molar-refractivity contribution in [1.82, 2.24) is 14.5 Å². The third-order valence-electron chi connectivity index (χ3n) is 2.89. The van der Waals surface area contributed by atoms with Gasteiger partial charge >= 0.3 is 0 Å². The molecule has 3 rings (SSSR count). The monoisotopic (exact) mass is 267 g/mol.